The summed E-state index contributed by atoms with van der Waals surface area (Å²) in [7, 11) is 0. The third kappa shape index (κ3) is 5.01. The minimum atomic E-state index is -0.797. The van der Waals surface area contributed by atoms with Gasteiger partial charge in [0.25, 0.3) is 5.91 Å². The lowest BCUT2D eigenvalue weighted by Gasteiger charge is -2.37. The van der Waals surface area contributed by atoms with Gasteiger partial charge in [0.15, 0.2) is 0 Å². The van der Waals surface area contributed by atoms with Gasteiger partial charge in [0.2, 0.25) is 0 Å². The minimum absolute atomic E-state index is 0.0195. The Labute approximate surface area is 167 Å². The summed E-state index contributed by atoms with van der Waals surface area (Å²) in [4.78, 5) is 34.5. The Morgan fingerprint density at radius 3 is 2.36 bits per heavy atom. The van der Waals surface area contributed by atoms with E-state index in [0.717, 1.165) is 37.7 Å². The molecule has 0 aliphatic carbocycles. The molecule has 28 heavy (non-hydrogen) atoms. The second kappa shape index (κ2) is 9.37. The fraction of sp³-hybridized carbons (Fsp3) is 0.667. The molecule has 2 aliphatic rings. The van der Waals surface area contributed by atoms with Crippen molar-refractivity contribution < 1.29 is 14.7 Å². The molecule has 7 heteroatoms. The van der Waals surface area contributed by atoms with Crippen LogP contribution in [0.5, 0.6) is 0 Å². The largest absolute Gasteiger partial charge is 0.480 e. The normalized spacial score (nSPS) is 19.2. The number of piperidine rings is 2. The summed E-state index contributed by atoms with van der Waals surface area (Å²) >= 11 is 0. The molecule has 1 amide bonds. The van der Waals surface area contributed by atoms with E-state index in [1.165, 1.54) is 12.8 Å². The first-order chi connectivity index (χ1) is 13.5. The van der Waals surface area contributed by atoms with Gasteiger partial charge < -0.3 is 14.9 Å². The number of likely N-dealkylation sites (tertiary alicyclic amines) is 1. The number of carbonyl (C=O) groups excluding carboxylic acids is 1. The monoisotopic (exact) mass is 388 g/mol. The van der Waals surface area contributed by atoms with Crippen molar-refractivity contribution in [1.82, 2.24) is 14.8 Å². The highest BCUT2D eigenvalue weighted by Crippen LogP contribution is 2.22. The zero-order chi connectivity index (χ0) is 20.1. The molecule has 0 aromatic carbocycles. The molecule has 1 N–H and O–H groups in total. The number of aliphatic carboxylic acids is 1. The Morgan fingerprint density at radius 1 is 1.14 bits per heavy atom. The highest BCUT2D eigenvalue weighted by molar-refractivity contribution is 5.94. The van der Waals surface area contributed by atoms with Gasteiger partial charge in [0.1, 0.15) is 5.82 Å². The van der Waals surface area contributed by atoms with Crippen molar-refractivity contribution in [3.8, 4) is 0 Å². The van der Waals surface area contributed by atoms with Gasteiger partial charge in [-0.25, -0.2) is 4.98 Å². The summed E-state index contributed by atoms with van der Waals surface area (Å²) in [6.07, 6.45) is 5.70. The third-order valence-electron chi connectivity index (χ3n) is 6.12. The quantitative estimate of drug-likeness (QED) is 0.806. The van der Waals surface area contributed by atoms with Crippen LogP contribution in [0.15, 0.2) is 18.3 Å². The smallest absolute Gasteiger partial charge is 0.317 e. The van der Waals surface area contributed by atoms with Gasteiger partial charge >= 0.3 is 5.97 Å². The van der Waals surface area contributed by atoms with E-state index >= 15 is 0 Å². The van der Waals surface area contributed by atoms with Crippen LogP contribution < -0.4 is 4.90 Å². The first-order valence-corrected chi connectivity index (χ1v) is 10.4. The molecule has 3 rings (SSSR count). The molecular formula is C21H32N4O3. The Balaban J connectivity index is 1.54. The Morgan fingerprint density at radius 2 is 1.82 bits per heavy atom. The SMILES string of the molecule is CCN(CC(=O)O)C1CCN(C(=O)c2ccc(N3CCC(C)CC3)nc2)CC1. The van der Waals surface area contributed by atoms with Crippen molar-refractivity contribution in [2.45, 2.75) is 45.6 Å². The zero-order valence-electron chi connectivity index (χ0n) is 17.0. The third-order valence-corrected chi connectivity index (χ3v) is 6.12. The van der Waals surface area contributed by atoms with Crippen molar-refractivity contribution in [3.05, 3.63) is 23.9 Å². The van der Waals surface area contributed by atoms with E-state index in [4.69, 9.17) is 5.11 Å². The van der Waals surface area contributed by atoms with E-state index in [-0.39, 0.29) is 18.5 Å². The fourth-order valence-electron chi connectivity index (χ4n) is 4.23. The Kier molecular flexibility index (Phi) is 6.88. The fourth-order valence-corrected chi connectivity index (χ4v) is 4.23. The highest BCUT2D eigenvalue weighted by atomic mass is 16.4. The molecule has 1 aromatic heterocycles. The maximum absolute atomic E-state index is 12.8. The van der Waals surface area contributed by atoms with Crippen LogP contribution in [-0.2, 0) is 4.79 Å². The number of pyridine rings is 1. The van der Waals surface area contributed by atoms with Gasteiger partial charge in [-0.2, -0.15) is 0 Å². The van der Waals surface area contributed by atoms with Gasteiger partial charge in [0, 0.05) is 38.4 Å². The molecule has 0 atom stereocenters. The summed E-state index contributed by atoms with van der Waals surface area (Å²) in [5.41, 5.74) is 0.630. The van der Waals surface area contributed by atoms with Crippen LogP contribution in [0.25, 0.3) is 0 Å². The number of hydrogen-bond acceptors (Lipinski definition) is 5. The summed E-state index contributed by atoms with van der Waals surface area (Å²) in [6.45, 7) is 8.42. The predicted octanol–water partition coefficient (Wildman–Crippen LogP) is 2.33. The van der Waals surface area contributed by atoms with E-state index in [0.29, 0.717) is 25.2 Å². The number of anilines is 1. The second-order valence-corrected chi connectivity index (χ2v) is 8.05. The number of rotatable bonds is 6. The summed E-state index contributed by atoms with van der Waals surface area (Å²) in [5.74, 6) is 0.953. The van der Waals surface area contributed by atoms with Gasteiger partial charge in [0.05, 0.1) is 12.1 Å². The van der Waals surface area contributed by atoms with E-state index in [9.17, 15) is 9.59 Å². The molecular weight excluding hydrogens is 356 g/mol. The molecule has 154 valence electrons. The summed E-state index contributed by atoms with van der Waals surface area (Å²) in [6, 6.07) is 4.08. The van der Waals surface area contributed by atoms with Crippen molar-refractivity contribution in [3.63, 3.8) is 0 Å². The van der Waals surface area contributed by atoms with Gasteiger partial charge in [-0.15, -0.1) is 0 Å². The van der Waals surface area contributed by atoms with Crippen LogP contribution in [0.2, 0.25) is 0 Å². The van der Waals surface area contributed by atoms with Gasteiger partial charge in [-0.3, -0.25) is 14.5 Å². The average molecular weight is 389 g/mol. The molecule has 1 aromatic rings. The summed E-state index contributed by atoms with van der Waals surface area (Å²) in [5, 5.41) is 9.05. The molecule has 0 bridgehead atoms. The number of likely N-dealkylation sites (N-methyl/N-ethyl adjacent to an activating group) is 1. The van der Waals surface area contributed by atoms with Crippen LogP contribution in [0, 0.1) is 5.92 Å². The first kappa shape index (κ1) is 20.6. The van der Waals surface area contributed by atoms with Gasteiger partial charge in [-0.05, 0) is 50.3 Å². The van der Waals surface area contributed by atoms with E-state index in [1.54, 1.807) is 6.20 Å². The molecule has 0 spiro atoms. The van der Waals surface area contributed by atoms with Crippen LogP contribution in [0.3, 0.4) is 0 Å². The Bertz CT molecular complexity index is 663. The minimum Gasteiger partial charge on any atom is -0.480 e. The maximum Gasteiger partial charge on any atom is 0.317 e. The van der Waals surface area contributed by atoms with Crippen LogP contribution in [-0.4, -0.2) is 77.1 Å². The van der Waals surface area contributed by atoms with Crippen molar-refractivity contribution >= 4 is 17.7 Å². The second-order valence-electron chi connectivity index (χ2n) is 8.05. The van der Waals surface area contributed by atoms with Crippen molar-refractivity contribution in [2.24, 2.45) is 5.92 Å². The molecule has 2 aliphatic heterocycles. The molecule has 3 heterocycles. The van der Waals surface area contributed by atoms with Crippen molar-refractivity contribution in [1.29, 1.82) is 0 Å². The topological polar surface area (TPSA) is 77.0 Å². The predicted molar refractivity (Wildman–Crippen MR) is 109 cm³/mol. The number of carbonyl (C=O) groups is 2. The maximum atomic E-state index is 12.8. The molecule has 7 nitrogen and oxygen atoms in total. The number of aromatic nitrogens is 1. The number of hydrogen-bond donors (Lipinski definition) is 1. The molecule has 2 fully saturated rings. The average Bonchev–Trinajstić information content (AvgIpc) is 2.72. The number of nitrogens with zero attached hydrogens (tertiary/aromatic N) is 4. The lowest BCUT2D eigenvalue weighted by atomic mass is 9.99. The van der Waals surface area contributed by atoms with E-state index < -0.39 is 5.97 Å². The first-order valence-electron chi connectivity index (χ1n) is 10.4. The molecule has 0 unspecified atom stereocenters. The number of carboxylic acid groups (broad SMARTS) is 1. The van der Waals surface area contributed by atoms with Crippen LogP contribution in [0.4, 0.5) is 5.82 Å². The molecule has 2 saturated heterocycles. The lowest BCUT2D eigenvalue weighted by Crippen LogP contribution is -2.48. The molecule has 0 saturated carbocycles. The standard InChI is InChI=1S/C21H32N4O3/c1-3-23(15-20(26)27)18-8-12-25(13-9-18)21(28)17-4-5-19(22-14-17)24-10-6-16(2)7-11-24/h4-5,14,16,18H,3,6-13,15H2,1-2H3,(H,26,27). The van der Waals surface area contributed by atoms with E-state index in [2.05, 4.69) is 16.8 Å². The zero-order valence-corrected chi connectivity index (χ0v) is 17.0. The highest BCUT2D eigenvalue weighted by Gasteiger charge is 2.28. The van der Waals surface area contributed by atoms with Crippen LogP contribution in [0.1, 0.15) is 49.9 Å². The molecule has 0 radical (unpaired) electrons. The van der Waals surface area contributed by atoms with Crippen LogP contribution >= 0.6 is 0 Å². The van der Waals surface area contributed by atoms with Crippen molar-refractivity contribution in [2.75, 3.05) is 44.2 Å². The lowest BCUT2D eigenvalue weighted by molar-refractivity contribution is -0.139. The van der Waals surface area contributed by atoms with Gasteiger partial charge in [-0.1, -0.05) is 13.8 Å². The summed E-state index contributed by atoms with van der Waals surface area (Å²) < 4.78 is 0. The number of carboxylic acids is 1. The Hall–Kier alpha value is -2.15. The number of amides is 1. The van der Waals surface area contributed by atoms with E-state index in [1.807, 2.05) is 28.9 Å².